The summed E-state index contributed by atoms with van der Waals surface area (Å²) in [5.74, 6) is 0. The molecule has 1 fully saturated rings. The lowest BCUT2D eigenvalue weighted by Crippen LogP contribution is -2.46. The molecule has 1 aliphatic heterocycles. The van der Waals surface area contributed by atoms with Crippen molar-refractivity contribution >= 4 is 0 Å². The minimum absolute atomic E-state index is 1.37. The van der Waals surface area contributed by atoms with Gasteiger partial charge in [-0.25, -0.2) is 0 Å². The number of quaternary nitrogens is 1. The normalized spacial score (nSPS) is 15.7. The van der Waals surface area contributed by atoms with E-state index in [0.717, 1.165) is 0 Å². The highest BCUT2D eigenvalue weighted by molar-refractivity contribution is 4.57. The van der Waals surface area contributed by atoms with Crippen LogP contribution in [0.2, 0.25) is 0 Å². The van der Waals surface area contributed by atoms with Crippen molar-refractivity contribution in [1.82, 2.24) is 0 Å². The van der Waals surface area contributed by atoms with Crippen LogP contribution in [0.15, 0.2) is 0 Å². The number of hydrogen-bond donors (Lipinski definition) is 0. The highest BCUT2D eigenvalue weighted by Gasteiger charge is 2.30. The first-order valence-corrected chi connectivity index (χ1v) is 15.2. The van der Waals surface area contributed by atoms with Gasteiger partial charge in [-0.15, -0.1) is 0 Å². The third-order valence-corrected chi connectivity index (χ3v) is 7.99. The van der Waals surface area contributed by atoms with E-state index in [9.17, 15) is 0 Å². The summed E-state index contributed by atoms with van der Waals surface area (Å²) in [5.41, 5.74) is 0. The fraction of sp³-hybridized carbons (Fsp3) is 1.00. The first-order valence-electron chi connectivity index (χ1n) is 15.2. The molecular formula is C30H62N+. The topological polar surface area (TPSA) is 0 Å². The van der Waals surface area contributed by atoms with Gasteiger partial charge in [-0.2, -0.15) is 0 Å². The molecule has 0 amide bonds. The van der Waals surface area contributed by atoms with E-state index in [4.69, 9.17) is 0 Å². The zero-order valence-electron chi connectivity index (χ0n) is 22.2. The van der Waals surface area contributed by atoms with Gasteiger partial charge in [0.1, 0.15) is 0 Å². The molecule has 0 bridgehead atoms. The van der Waals surface area contributed by atoms with Gasteiger partial charge in [-0.1, -0.05) is 129 Å². The summed E-state index contributed by atoms with van der Waals surface area (Å²) in [6.45, 7) is 10.6. The average Bonchev–Trinajstić information content (AvgIpc) is 3.25. The lowest BCUT2D eigenvalue weighted by molar-refractivity contribution is -0.917. The fourth-order valence-corrected chi connectivity index (χ4v) is 5.79. The van der Waals surface area contributed by atoms with Crippen LogP contribution in [0.25, 0.3) is 0 Å². The summed E-state index contributed by atoms with van der Waals surface area (Å²) in [4.78, 5) is 0. The van der Waals surface area contributed by atoms with Crippen molar-refractivity contribution in [3.05, 3.63) is 0 Å². The van der Waals surface area contributed by atoms with Crippen LogP contribution in [0.3, 0.4) is 0 Å². The van der Waals surface area contributed by atoms with E-state index < -0.39 is 0 Å². The molecule has 1 nitrogen and oxygen atoms in total. The second-order valence-electron chi connectivity index (χ2n) is 11.0. The Labute approximate surface area is 198 Å². The zero-order valence-corrected chi connectivity index (χ0v) is 22.2. The molecular weight excluding hydrogens is 374 g/mol. The standard InChI is InChI=1S/C30H62N/c1-3-5-7-9-11-13-15-16-18-20-22-24-28-31(29-25-26-30-31)27-23-21-19-17-14-12-10-8-6-4-2/h3-30H2,1-2H3/q+1. The Morgan fingerprint density at radius 1 is 0.355 bits per heavy atom. The van der Waals surface area contributed by atoms with Gasteiger partial charge in [0.05, 0.1) is 26.2 Å². The van der Waals surface area contributed by atoms with Crippen molar-refractivity contribution in [1.29, 1.82) is 0 Å². The van der Waals surface area contributed by atoms with Gasteiger partial charge in [0.2, 0.25) is 0 Å². The average molecular weight is 437 g/mol. The second kappa shape index (κ2) is 21.8. The molecule has 186 valence electrons. The van der Waals surface area contributed by atoms with Gasteiger partial charge in [0.25, 0.3) is 0 Å². The highest BCUT2D eigenvalue weighted by Crippen LogP contribution is 2.23. The molecule has 0 spiro atoms. The SMILES string of the molecule is CCCCCCCCCCCCCC[N+]1(CCCCCCCCCCCC)CCCC1. The Morgan fingerprint density at radius 3 is 0.903 bits per heavy atom. The largest absolute Gasteiger partial charge is 0.324 e. The molecule has 0 aromatic rings. The van der Waals surface area contributed by atoms with Crippen LogP contribution in [0.5, 0.6) is 0 Å². The molecule has 0 N–H and O–H groups in total. The van der Waals surface area contributed by atoms with E-state index in [2.05, 4.69) is 13.8 Å². The minimum atomic E-state index is 1.37. The Hall–Kier alpha value is -0.0400. The van der Waals surface area contributed by atoms with Gasteiger partial charge in [0.15, 0.2) is 0 Å². The minimum Gasteiger partial charge on any atom is -0.324 e. The summed E-state index contributed by atoms with van der Waals surface area (Å²) < 4.78 is 1.49. The molecule has 0 aromatic carbocycles. The molecule has 0 aliphatic carbocycles. The van der Waals surface area contributed by atoms with Crippen LogP contribution >= 0.6 is 0 Å². The van der Waals surface area contributed by atoms with Crippen LogP contribution in [0, 0.1) is 0 Å². The van der Waals surface area contributed by atoms with Crippen molar-refractivity contribution in [2.24, 2.45) is 0 Å². The summed E-state index contributed by atoms with van der Waals surface area (Å²) in [6, 6.07) is 0. The van der Waals surface area contributed by atoms with Crippen molar-refractivity contribution in [2.45, 2.75) is 168 Å². The Bertz CT molecular complexity index is 344. The lowest BCUT2D eigenvalue weighted by Gasteiger charge is -2.34. The Kier molecular flexibility index (Phi) is 20.4. The smallest absolute Gasteiger partial charge is 0.0788 e. The number of likely N-dealkylation sites (tertiary alicyclic amines) is 1. The number of rotatable bonds is 24. The van der Waals surface area contributed by atoms with Crippen LogP contribution in [-0.4, -0.2) is 30.7 Å². The van der Waals surface area contributed by atoms with Crippen LogP contribution < -0.4 is 0 Å². The quantitative estimate of drug-likeness (QED) is 0.104. The fourth-order valence-electron chi connectivity index (χ4n) is 5.79. The van der Waals surface area contributed by atoms with Gasteiger partial charge >= 0.3 is 0 Å². The van der Waals surface area contributed by atoms with Crippen molar-refractivity contribution in [3.63, 3.8) is 0 Å². The van der Waals surface area contributed by atoms with Crippen molar-refractivity contribution in [3.8, 4) is 0 Å². The summed E-state index contributed by atoms with van der Waals surface area (Å²) in [6.07, 6.45) is 35.4. The number of hydrogen-bond acceptors (Lipinski definition) is 0. The Balaban J connectivity index is 1.93. The van der Waals surface area contributed by atoms with Gasteiger partial charge in [0, 0.05) is 12.8 Å². The highest BCUT2D eigenvalue weighted by atomic mass is 15.4. The first-order chi connectivity index (χ1) is 15.3. The first kappa shape index (κ1) is 29.0. The maximum absolute atomic E-state index is 2.31. The van der Waals surface area contributed by atoms with E-state index in [1.807, 2.05) is 0 Å². The molecule has 31 heavy (non-hydrogen) atoms. The van der Waals surface area contributed by atoms with E-state index in [1.165, 1.54) is 185 Å². The molecule has 1 rings (SSSR count). The number of unbranched alkanes of at least 4 members (excludes halogenated alkanes) is 20. The summed E-state index contributed by atoms with van der Waals surface area (Å²) in [5, 5.41) is 0. The summed E-state index contributed by atoms with van der Waals surface area (Å²) >= 11 is 0. The maximum Gasteiger partial charge on any atom is 0.0788 e. The van der Waals surface area contributed by atoms with Crippen LogP contribution in [-0.2, 0) is 0 Å². The Morgan fingerprint density at radius 2 is 0.613 bits per heavy atom. The number of nitrogens with zero attached hydrogens (tertiary/aromatic N) is 1. The molecule has 1 heteroatoms. The van der Waals surface area contributed by atoms with E-state index in [-0.39, 0.29) is 0 Å². The van der Waals surface area contributed by atoms with Gasteiger partial charge in [-0.05, 0) is 25.7 Å². The second-order valence-corrected chi connectivity index (χ2v) is 11.0. The third kappa shape index (κ3) is 17.1. The van der Waals surface area contributed by atoms with E-state index in [1.54, 1.807) is 0 Å². The van der Waals surface area contributed by atoms with Gasteiger partial charge in [-0.3, -0.25) is 0 Å². The monoisotopic (exact) mass is 436 g/mol. The van der Waals surface area contributed by atoms with E-state index >= 15 is 0 Å². The molecule has 0 radical (unpaired) electrons. The lowest BCUT2D eigenvalue weighted by atomic mass is 10.0. The predicted molar refractivity (Wildman–Crippen MR) is 142 cm³/mol. The van der Waals surface area contributed by atoms with Crippen molar-refractivity contribution < 1.29 is 4.48 Å². The molecule has 0 atom stereocenters. The predicted octanol–water partition coefficient (Wildman–Crippen LogP) is 10.2. The molecule has 0 aromatic heterocycles. The molecule has 0 saturated carbocycles. The van der Waals surface area contributed by atoms with E-state index in [0.29, 0.717) is 0 Å². The molecule has 1 saturated heterocycles. The van der Waals surface area contributed by atoms with Gasteiger partial charge < -0.3 is 4.48 Å². The van der Waals surface area contributed by atoms with Crippen LogP contribution in [0.1, 0.15) is 168 Å². The van der Waals surface area contributed by atoms with Crippen LogP contribution in [0.4, 0.5) is 0 Å². The molecule has 1 aliphatic rings. The zero-order chi connectivity index (χ0) is 22.3. The molecule has 0 unspecified atom stereocenters. The van der Waals surface area contributed by atoms with Crippen molar-refractivity contribution in [2.75, 3.05) is 26.2 Å². The summed E-state index contributed by atoms with van der Waals surface area (Å²) in [7, 11) is 0. The maximum atomic E-state index is 2.31. The third-order valence-electron chi connectivity index (χ3n) is 7.99. The molecule has 1 heterocycles.